The highest BCUT2D eigenvalue weighted by atomic mass is 19.1. The molecule has 3 aliphatic heterocycles. The number of aromatic nitrogens is 3. The summed E-state index contributed by atoms with van der Waals surface area (Å²) in [6.07, 6.45) is 16.4. The third kappa shape index (κ3) is 10.4. The lowest BCUT2D eigenvalue weighted by Crippen LogP contribution is -2.40. The van der Waals surface area contributed by atoms with Gasteiger partial charge in [-0.3, -0.25) is 9.88 Å². The molecule has 9 rings (SSSR count). The topological polar surface area (TPSA) is 139 Å². The van der Waals surface area contributed by atoms with Gasteiger partial charge in [0, 0.05) is 49.2 Å². The summed E-state index contributed by atoms with van der Waals surface area (Å²) in [6, 6.07) is 12.8. The molecule has 2 aromatic heterocycles. The molecule has 2 N–H and O–H groups in total. The number of rotatable bonds is 9. The number of alkyl carbamates (subject to hydrolysis) is 1. The number of phenols is 1. The van der Waals surface area contributed by atoms with E-state index < -0.39 is 23.9 Å². The molecule has 3 aromatic carbocycles. The number of hydrogen-bond donors (Lipinski definition) is 2. The Bertz CT molecular complexity index is 2450. The van der Waals surface area contributed by atoms with Gasteiger partial charge in [0.25, 0.3) is 0 Å². The molecule has 3 saturated heterocycles. The van der Waals surface area contributed by atoms with Gasteiger partial charge in [-0.05, 0) is 78.9 Å². The number of terminal acetylenes is 1. The van der Waals surface area contributed by atoms with Crippen LogP contribution in [0.4, 0.5) is 23.8 Å². The lowest BCUT2D eigenvalue weighted by molar-refractivity contribution is -0.108. The zero-order valence-corrected chi connectivity index (χ0v) is 35.8. The first-order chi connectivity index (χ1) is 30.5. The number of carbonyl (C=O) groups excluding carboxylic acids is 2. The van der Waals surface area contributed by atoms with Crippen LogP contribution in [0, 0.1) is 35.8 Å². The number of aldehydes is 1. The molecule has 1 aliphatic carbocycles. The van der Waals surface area contributed by atoms with E-state index in [1.54, 1.807) is 19.2 Å². The number of fused-ring (bicyclic) bond motifs is 3. The zero-order chi connectivity index (χ0) is 44.6. The van der Waals surface area contributed by atoms with Crippen LogP contribution in [0.2, 0.25) is 0 Å². The van der Waals surface area contributed by atoms with Crippen molar-refractivity contribution < 1.29 is 42.1 Å². The quantitative estimate of drug-likeness (QED) is 0.109. The van der Waals surface area contributed by atoms with E-state index in [1.165, 1.54) is 76.1 Å². The van der Waals surface area contributed by atoms with Crippen LogP contribution in [-0.4, -0.2) is 96.0 Å². The first-order valence-electron chi connectivity index (χ1n) is 21.4. The summed E-state index contributed by atoms with van der Waals surface area (Å²) in [5, 5.41) is 14.3. The highest BCUT2D eigenvalue weighted by Crippen LogP contribution is 2.39. The van der Waals surface area contributed by atoms with E-state index in [0.29, 0.717) is 48.0 Å². The Labute approximate surface area is 365 Å². The minimum absolute atomic E-state index is 0.0163. The van der Waals surface area contributed by atoms with Crippen LogP contribution in [0.1, 0.15) is 69.4 Å². The molecule has 5 aromatic rings. The van der Waals surface area contributed by atoms with Crippen molar-refractivity contribution in [3.05, 3.63) is 77.5 Å². The van der Waals surface area contributed by atoms with Gasteiger partial charge in [-0.25, -0.2) is 18.0 Å². The van der Waals surface area contributed by atoms with Crippen LogP contribution in [0.25, 0.3) is 32.9 Å². The number of benzene rings is 3. The normalized spacial score (nSPS) is 20.6. The van der Waals surface area contributed by atoms with Crippen LogP contribution >= 0.6 is 0 Å². The van der Waals surface area contributed by atoms with Crippen molar-refractivity contribution in [3.8, 4) is 41.1 Å². The molecule has 5 heterocycles. The van der Waals surface area contributed by atoms with Gasteiger partial charge in [-0.2, -0.15) is 9.97 Å². The Morgan fingerprint density at radius 2 is 1.79 bits per heavy atom. The molecule has 0 spiro atoms. The predicted molar refractivity (Wildman–Crippen MR) is 235 cm³/mol. The maximum absolute atomic E-state index is 16.4. The number of methoxy groups -OCH3 is 2. The summed E-state index contributed by atoms with van der Waals surface area (Å²) in [5.74, 6) is 2.45. The van der Waals surface area contributed by atoms with Gasteiger partial charge < -0.3 is 34.3 Å². The van der Waals surface area contributed by atoms with Crippen molar-refractivity contribution in [2.45, 2.75) is 83.2 Å². The van der Waals surface area contributed by atoms with Crippen LogP contribution in [0.3, 0.4) is 0 Å². The SMILES string of the molecule is C#Cc1c(F)ccc2cc(O)cc(-c3ncc4c(N5CC(C)C(NC(=O)OCc6ccc(OC)cc6)C5)nc(OC)nc4c3F)c12.FC1CC2CCCN2C1.O=CCC1CCCC1. The summed E-state index contributed by atoms with van der Waals surface area (Å²) in [6.45, 7) is 4.74. The van der Waals surface area contributed by atoms with Gasteiger partial charge in [-0.1, -0.05) is 56.7 Å². The summed E-state index contributed by atoms with van der Waals surface area (Å²) in [5.41, 5.74) is 0.557. The molecule has 12 nitrogen and oxygen atoms in total. The van der Waals surface area contributed by atoms with Gasteiger partial charge in [0.05, 0.1) is 31.2 Å². The van der Waals surface area contributed by atoms with Crippen molar-refractivity contribution in [2.75, 3.05) is 45.3 Å². The fourth-order valence-corrected chi connectivity index (χ4v) is 9.09. The van der Waals surface area contributed by atoms with Crippen LogP contribution < -0.4 is 19.7 Å². The molecule has 0 radical (unpaired) electrons. The van der Waals surface area contributed by atoms with Gasteiger partial charge >= 0.3 is 12.1 Å². The number of carbonyl (C=O) groups is 2. The number of hydrogen-bond acceptors (Lipinski definition) is 11. The number of ether oxygens (including phenoxy) is 3. The van der Waals surface area contributed by atoms with Crippen molar-refractivity contribution >= 4 is 39.9 Å². The molecular weight excluding hydrogens is 814 g/mol. The Morgan fingerprint density at radius 3 is 2.49 bits per heavy atom. The highest BCUT2D eigenvalue weighted by molar-refractivity contribution is 6.03. The van der Waals surface area contributed by atoms with Crippen molar-refractivity contribution in [2.24, 2.45) is 11.8 Å². The maximum atomic E-state index is 16.4. The number of nitrogens with zero attached hydrogens (tertiary/aromatic N) is 5. The molecule has 15 heteroatoms. The second-order valence-corrected chi connectivity index (χ2v) is 16.6. The molecular formula is C48H53F3N6O6. The summed E-state index contributed by atoms with van der Waals surface area (Å²) in [7, 11) is 2.94. The fourth-order valence-electron chi connectivity index (χ4n) is 9.09. The number of alkyl halides is 1. The van der Waals surface area contributed by atoms with E-state index in [2.05, 4.69) is 31.1 Å². The van der Waals surface area contributed by atoms with E-state index in [4.69, 9.17) is 20.6 Å². The van der Waals surface area contributed by atoms with Gasteiger partial charge in [0.2, 0.25) is 0 Å². The largest absolute Gasteiger partial charge is 0.508 e. The maximum Gasteiger partial charge on any atom is 0.407 e. The number of pyridine rings is 1. The summed E-state index contributed by atoms with van der Waals surface area (Å²) in [4.78, 5) is 40.0. The fraction of sp³-hybridized carbons (Fsp3) is 0.438. The summed E-state index contributed by atoms with van der Waals surface area (Å²) < 4.78 is 59.6. The molecule has 332 valence electrons. The number of halogens is 3. The average Bonchev–Trinajstić information content (AvgIpc) is 4.10. The Morgan fingerprint density at radius 1 is 1.02 bits per heavy atom. The van der Waals surface area contributed by atoms with E-state index in [1.807, 2.05) is 24.0 Å². The van der Waals surface area contributed by atoms with E-state index in [9.17, 15) is 23.5 Å². The molecule has 0 bridgehead atoms. The predicted octanol–water partition coefficient (Wildman–Crippen LogP) is 8.54. The van der Waals surface area contributed by atoms with Gasteiger partial charge in [0.15, 0.2) is 5.82 Å². The Kier molecular flexibility index (Phi) is 14.5. The van der Waals surface area contributed by atoms with E-state index >= 15 is 4.39 Å². The lowest BCUT2D eigenvalue weighted by atomic mass is 9.96. The monoisotopic (exact) mass is 866 g/mol. The van der Waals surface area contributed by atoms with Crippen LogP contribution in [0.5, 0.6) is 17.5 Å². The van der Waals surface area contributed by atoms with Crippen LogP contribution in [0.15, 0.2) is 54.7 Å². The molecule has 1 saturated carbocycles. The Hall–Kier alpha value is -6.14. The van der Waals surface area contributed by atoms with Crippen molar-refractivity contribution in [1.82, 2.24) is 25.2 Å². The number of anilines is 1. The molecule has 4 aliphatic rings. The van der Waals surface area contributed by atoms with Crippen molar-refractivity contribution in [1.29, 1.82) is 0 Å². The minimum atomic E-state index is -0.831. The molecule has 4 unspecified atom stereocenters. The van der Waals surface area contributed by atoms with Crippen molar-refractivity contribution in [3.63, 3.8) is 0 Å². The average molecular weight is 867 g/mol. The number of amides is 1. The van der Waals surface area contributed by atoms with Crippen LogP contribution in [-0.2, 0) is 16.1 Å². The first kappa shape index (κ1) is 44.9. The highest BCUT2D eigenvalue weighted by Gasteiger charge is 2.35. The Balaban J connectivity index is 0.000000287. The summed E-state index contributed by atoms with van der Waals surface area (Å²) >= 11 is 0. The third-order valence-electron chi connectivity index (χ3n) is 12.4. The smallest absolute Gasteiger partial charge is 0.407 e. The van der Waals surface area contributed by atoms with E-state index in [0.717, 1.165) is 37.2 Å². The standard InChI is InChI=1S/C34H29F2N5O5.C7H12FN.C7H12O/c1-5-23-26(35)11-8-20-12-21(42)13-24(28(20)23)30-29(36)31-25(14-37-30)32(40-33(39-31)45-4)41-15-18(2)27(16-41)38-34(43)46-17-19-6-9-22(44-3)10-7-19;8-6-4-7-2-1-3-9(7)5-6;8-6-5-7-3-1-2-4-7/h1,6-14,18,27,42H,15-17H2,2-4H3,(H,38,43);6-7H,1-5H2;6-7H,1-5H2. The second-order valence-electron chi connectivity index (χ2n) is 16.6. The number of aromatic hydroxyl groups is 1. The molecule has 63 heavy (non-hydrogen) atoms. The number of phenolic OH excluding ortho intramolecular Hbond substituents is 1. The van der Waals surface area contributed by atoms with Gasteiger partial charge in [0.1, 0.15) is 53.4 Å². The minimum Gasteiger partial charge on any atom is -0.508 e. The second kappa shape index (κ2) is 20.4. The zero-order valence-electron chi connectivity index (χ0n) is 35.8. The molecule has 1 amide bonds. The first-order valence-corrected chi connectivity index (χ1v) is 21.4. The molecule has 4 fully saturated rings. The molecule has 4 atom stereocenters. The van der Waals surface area contributed by atoms with Gasteiger partial charge in [-0.15, -0.1) is 6.42 Å². The van der Waals surface area contributed by atoms with E-state index in [-0.39, 0.29) is 58.1 Å². The third-order valence-corrected chi connectivity index (χ3v) is 12.4. The number of nitrogens with one attached hydrogen (secondary N) is 1. The lowest BCUT2D eigenvalue weighted by Gasteiger charge is -2.20.